The molecule has 0 N–H and O–H groups in total. The van der Waals surface area contributed by atoms with E-state index in [2.05, 4.69) is 119 Å². The molecule has 4 aliphatic carbocycles. The van der Waals surface area contributed by atoms with Gasteiger partial charge in [0.15, 0.2) is 0 Å². The average Bonchev–Trinajstić information content (AvgIpc) is 3.31. The zero-order chi connectivity index (χ0) is 21.3. The van der Waals surface area contributed by atoms with Gasteiger partial charge in [-0.3, -0.25) is 0 Å². The van der Waals surface area contributed by atoms with E-state index < -0.39 is 0 Å². The highest BCUT2D eigenvalue weighted by Crippen LogP contribution is 2.67. The van der Waals surface area contributed by atoms with Crippen LogP contribution in [0.3, 0.4) is 0 Å². The molecule has 3 unspecified atom stereocenters. The molecule has 0 aliphatic heterocycles. The summed E-state index contributed by atoms with van der Waals surface area (Å²) in [5.41, 5.74) is 11.2. The van der Waals surface area contributed by atoms with Crippen LogP contribution in [0.15, 0.2) is 119 Å². The van der Waals surface area contributed by atoms with Crippen molar-refractivity contribution < 1.29 is 0 Å². The fourth-order valence-corrected chi connectivity index (χ4v) is 7.04. The Kier molecular flexibility index (Phi) is 3.96. The quantitative estimate of drug-likeness (QED) is 0.332. The minimum Gasteiger partial charge on any atom is -0.0801 e. The van der Waals surface area contributed by atoms with Crippen molar-refractivity contribution in [3.05, 3.63) is 130 Å². The van der Waals surface area contributed by atoms with Gasteiger partial charge in [0.2, 0.25) is 0 Å². The third kappa shape index (κ3) is 2.33. The fourth-order valence-electron chi connectivity index (χ4n) is 6.68. The number of halogens is 1. The smallest absolute Gasteiger partial charge is 0.0535 e. The lowest BCUT2D eigenvalue weighted by molar-refractivity contribution is 0.450. The van der Waals surface area contributed by atoms with Crippen LogP contribution in [-0.2, 0) is 5.41 Å². The van der Waals surface area contributed by atoms with Crippen LogP contribution in [0.4, 0.5) is 0 Å². The van der Waals surface area contributed by atoms with Crippen LogP contribution in [0.5, 0.6) is 0 Å². The summed E-state index contributed by atoms with van der Waals surface area (Å²) in [4.78, 5) is 0. The molecule has 32 heavy (non-hydrogen) atoms. The molecule has 0 radical (unpaired) electrons. The summed E-state index contributed by atoms with van der Waals surface area (Å²) in [6, 6.07) is 24.9. The molecule has 0 bridgehead atoms. The standard InChI is InChI=1S/C31H23Br/c32-22-15-17-26-25-16-14-21(20-8-2-1-3-9-20)18-29(25)31(30(26)19-22)27-12-6-4-10-23(27)24-11-5-7-13-28(24)31/h1-4,6,8-19,23,27H,5,7H2. The van der Waals surface area contributed by atoms with Crippen LogP contribution < -0.4 is 0 Å². The van der Waals surface area contributed by atoms with Crippen molar-refractivity contribution in [3.8, 4) is 22.3 Å². The van der Waals surface area contributed by atoms with Crippen LogP contribution in [-0.4, -0.2) is 0 Å². The Hall–Kier alpha value is -2.90. The maximum absolute atomic E-state index is 3.80. The normalized spacial score (nSPS) is 26.3. The molecule has 154 valence electrons. The Morgan fingerprint density at radius 2 is 1.47 bits per heavy atom. The number of hydrogen-bond donors (Lipinski definition) is 0. The maximum Gasteiger partial charge on any atom is 0.0535 e. The predicted molar refractivity (Wildman–Crippen MR) is 136 cm³/mol. The molecule has 7 rings (SSSR count). The van der Waals surface area contributed by atoms with E-state index in [1.54, 1.807) is 11.1 Å². The van der Waals surface area contributed by atoms with Crippen LogP contribution in [0.2, 0.25) is 0 Å². The van der Waals surface area contributed by atoms with Crippen LogP contribution in [0.25, 0.3) is 22.3 Å². The fraction of sp³-hybridized carbons (Fsp3) is 0.161. The van der Waals surface area contributed by atoms with Gasteiger partial charge in [0.05, 0.1) is 5.41 Å². The first-order valence-corrected chi connectivity index (χ1v) is 12.3. The minimum absolute atomic E-state index is 0.128. The van der Waals surface area contributed by atoms with Crippen molar-refractivity contribution in [2.24, 2.45) is 11.8 Å². The molecule has 0 heterocycles. The minimum atomic E-state index is -0.128. The Labute approximate surface area is 197 Å². The number of hydrogen-bond acceptors (Lipinski definition) is 0. The summed E-state index contributed by atoms with van der Waals surface area (Å²) >= 11 is 3.80. The van der Waals surface area contributed by atoms with Gasteiger partial charge >= 0.3 is 0 Å². The largest absolute Gasteiger partial charge is 0.0801 e. The maximum atomic E-state index is 3.80. The number of benzene rings is 3. The van der Waals surface area contributed by atoms with Crippen molar-refractivity contribution in [1.82, 2.24) is 0 Å². The lowest BCUT2D eigenvalue weighted by Crippen LogP contribution is -2.33. The molecule has 1 spiro atoms. The Balaban J connectivity index is 1.58. The molecule has 3 aromatic carbocycles. The molecule has 3 aromatic rings. The number of fused-ring (bicyclic) bond motifs is 10. The number of allylic oxidation sites excluding steroid dienone is 8. The highest BCUT2D eigenvalue weighted by atomic mass is 79.9. The van der Waals surface area contributed by atoms with Crippen LogP contribution in [0.1, 0.15) is 24.0 Å². The van der Waals surface area contributed by atoms with E-state index in [1.807, 2.05) is 0 Å². The summed E-state index contributed by atoms with van der Waals surface area (Å²) in [6.45, 7) is 0. The van der Waals surface area contributed by atoms with Crippen molar-refractivity contribution in [3.63, 3.8) is 0 Å². The van der Waals surface area contributed by atoms with Crippen molar-refractivity contribution >= 4 is 15.9 Å². The summed E-state index contributed by atoms with van der Waals surface area (Å²) < 4.78 is 1.16. The SMILES string of the molecule is Brc1ccc2c(c1)C1(C3=CCCC=C3C3C=CC=CC31)c1cc(-c3ccccc3)ccc1-2. The second kappa shape index (κ2) is 6.80. The van der Waals surface area contributed by atoms with Gasteiger partial charge in [0.25, 0.3) is 0 Å². The monoisotopic (exact) mass is 474 g/mol. The van der Waals surface area contributed by atoms with E-state index >= 15 is 0 Å². The summed E-state index contributed by atoms with van der Waals surface area (Å²) in [5, 5.41) is 0. The first-order valence-electron chi connectivity index (χ1n) is 11.5. The molecule has 4 aliphatic rings. The molecule has 1 saturated carbocycles. The number of rotatable bonds is 1. The molecule has 0 amide bonds. The van der Waals surface area contributed by atoms with E-state index in [-0.39, 0.29) is 5.41 Å². The predicted octanol–water partition coefficient (Wildman–Crippen LogP) is 8.40. The molecule has 0 nitrogen and oxygen atoms in total. The van der Waals surface area contributed by atoms with Crippen molar-refractivity contribution in [1.29, 1.82) is 0 Å². The average molecular weight is 475 g/mol. The lowest BCUT2D eigenvalue weighted by Gasteiger charge is -2.36. The van der Waals surface area contributed by atoms with Gasteiger partial charge in [-0.05, 0) is 75.6 Å². The molecular weight excluding hydrogens is 452 g/mol. The van der Waals surface area contributed by atoms with Crippen LogP contribution >= 0.6 is 15.9 Å². The topological polar surface area (TPSA) is 0 Å². The van der Waals surface area contributed by atoms with Gasteiger partial charge in [0.1, 0.15) is 0 Å². The van der Waals surface area contributed by atoms with Gasteiger partial charge in [0, 0.05) is 16.3 Å². The van der Waals surface area contributed by atoms with E-state index in [4.69, 9.17) is 0 Å². The second-order valence-corrected chi connectivity index (χ2v) is 10.2. The highest BCUT2D eigenvalue weighted by Gasteiger charge is 2.59. The van der Waals surface area contributed by atoms with Crippen LogP contribution in [0, 0.1) is 11.8 Å². The van der Waals surface area contributed by atoms with E-state index in [9.17, 15) is 0 Å². The molecular formula is C31H23Br. The first-order chi connectivity index (χ1) is 15.8. The van der Waals surface area contributed by atoms with Crippen molar-refractivity contribution in [2.45, 2.75) is 18.3 Å². The van der Waals surface area contributed by atoms with E-state index in [0.717, 1.165) is 17.3 Å². The van der Waals surface area contributed by atoms with Gasteiger partial charge in [-0.2, -0.15) is 0 Å². The Morgan fingerprint density at radius 1 is 0.719 bits per heavy atom. The first kappa shape index (κ1) is 18.7. The van der Waals surface area contributed by atoms with Gasteiger partial charge in [-0.25, -0.2) is 0 Å². The second-order valence-electron chi connectivity index (χ2n) is 9.30. The Bertz CT molecular complexity index is 1390. The van der Waals surface area contributed by atoms with E-state index in [0.29, 0.717) is 11.8 Å². The Morgan fingerprint density at radius 3 is 2.34 bits per heavy atom. The third-order valence-corrected chi connectivity index (χ3v) is 8.35. The highest BCUT2D eigenvalue weighted by molar-refractivity contribution is 9.10. The summed E-state index contributed by atoms with van der Waals surface area (Å²) in [6.07, 6.45) is 16.7. The third-order valence-electron chi connectivity index (χ3n) is 7.86. The van der Waals surface area contributed by atoms with Crippen molar-refractivity contribution in [2.75, 3.05) is 0 Å². The summed E-state index contributed by atoms with van der Waals surface area (Å²) in [5.74, 6) is 0.855. The molecule has 1 fully saturated rings. The van der Waals surface area contributed by atoms with Gasteiger partial charge in [-0.1, -0.05) is 101 Å². The lowest BCUT2D eigenvalue weighted by atomic mass is 9.65. The van der Waals surface area contributed by atoms with Gasteiger partial charge < -0.3 is 0 Å². The molecule has 0 saturated heterocycles. The summed E-state index contributed by atoms with van der Waals surface area (Å²) in [7, 11) is 0. The zero-order valence-electron chi connectivity index (χ0n) is 17.8. The molecule has 3 atom stereocenters. The van der Waals surface area contributed by atoms with E-state index in [1.165, 1.54) is 33.4 Å². The van der Waals surface area contributed by atoms with Gasteiger partial charge in [-0.15, -0.1) is 0 Å². The zero-order valence-corrected chi connectivity index (χ0v) is 19.3. The molecule has 1 heteroatoms. The molecule has 0 aromatic heterocycles.